The smallest absolute Gasteiger partial charge is 0.329 e. The van der Waals surface area contributed by atoms with Crippen molar-refractivity contribution in [2.45, 2.75) is 50.8 Å². The van der Waals surface area contributed by atoms with Crippen molar-refractivity contribution in [3.63, 3.8) is 0 Å². The van der Waals surface area contributed by atoms with Crippen LogP contribution in [0, 0.1) is 0 Å². The fourth-order valence-electron chi connectivity index (χ4n) is 3.96. The van der Waals surface area contributed by atoms with Crippen molar-refractivity contribution in [3.05, 3.63) is 50.1 Å². The minimum absolute atomic E-state index is 0.0179. The van der Waals surface area contributed by atoms with Gasteiger partial charge in [-0.3, -0.25) is 14.3 Å². The van der Waals surface area contributed by atoms with Gasteiger partial charge in [-0.1, -0.05) is 43.0 Å². The van der Waals surface area contributed by atoms with E-state index in [4.69, 9.17) is 16.3 Å². The van der Waals surface area contributed by atoms with E-state index in [0.29, 0.717) is 16.7 Å². The van der Waals surface area contributed by atoms with Gasteiger partial charge in [0.05, 0.1) is 11.6 Å². The first kappa shape index (κ1) is 21.5. The Morgan fingerprint density at radius 1 is 1.29 bits per heavy atom. The molecule has 1 fully saturated rings. The summed E-state index contributed by atoms with van der Waals surface area (Å²) in [6, 6.07) is 7.25. The second kappa shape index (κ2) is 9.15. The Morgan fingerprint density at radius 3 is 2.77 bits per heavy atom. The van der Waals surface area contributed by atoms with Crippen LogP contribution in [0.2, 0.25) is 5.02 Å². The van der Waals surface area contributed by atoms with Crippen LogP contribution in [0.15, 0.2) is 33.9 Å². The maximum atomic E-state index is 12.6. The zero-order valence-electron chi connectivity index (χ0n) is 17.3. The number of halogens is 1. The normalized spacial score (nSPS) is 15.8. The van der Waals surface area contributed by atoms with Gasteiger partial charge in [-0.2, -0.15) is 4.98 Å². The van der Waals surface area contributed by atoms with E-state index < -0.39 is 17.4 Å². The molecule has 10 heteroatoms. The second-order valence-corrected chi connectivity index (χ2v) is 8.32. The SMILES string of the molecule is Cn1c(=O)[nH]c(=O)c2c1nc(NC1CCCCC1)n2CC(O)COc1ccccc1Cl. The van der Waals surface area contributed by atoms with E-state index in [2.05, 4.69) is 15.3 Å². The summed E-state index contributed by atoms with van der Waals surface area (Å²) in [6.45, 7) is 0.0488. The molecule has 0 spiro atoms. The average molecular weight is 448 g/mol. The van der Waals surface area contributed by atoms with Gasteiger partial charge in [0, 0.05) is 13.1 Å². The van der Waals surface area contributed by atoms with Crippen LogP contribution in [0.4, 0.5) is 5.95 Å². The summed E-state index contributed by atoms with van der Waals surface area (Å²) in [6.07, 6.45) is 4.56. The number of aryl methyl sites for hydroxylation is 1. The summed E-state index contributed by atoms with van der Waals surface area (Å²) in [5.74, 6) is 0.935. The second-order valence-electron chi connectivity index (χ2n) is 7.91. The van der Waals surface area contributed by atoms with Crippen LogP contribution in [-0.2, 0) is 13.6 Å². The number of fused-ring (bicyclic) bond motifs is 1. The molecule has 2 aromatic heterocycles. The number of H-pyrrole nitrogens is 1. The Hall–Kier alpha value is -2.78. The molecule has 1 saturated carbocycles. The van der Waals surface area contributed by atoms with Crippen molar-refractivity contribution in [3.8, 4) is 5.75 Å². The van der Waals surface area contributed by atoms with Gasteiger partial charge < -0.3 is 19.7 Å². The molecule has 1 aliphatic rings. The lowest BCUT2D eigenvalue weighted by Crippen LogP contribution is -2.31. The molecule has 1 aromatic carbocycles. The zero-order valence-corrected chi connectivity index (χ0v) is 18.1. The summed E-state index contributed by atoms with van der Waals surface area (Å²) in [5.41, 5.74) is -0.570. The van der Waals surface area contributed by atoms with Gasteiger partial charge in [-0.15, -0.1) is 0 Å². The van der Waals surface area contributed by atoms with Gasteiger partial charge in [0.1, 0.15) is 18.5 Å². The highest BCUT2D eigenvalue weighted by Crippen LogP contribution is 2.25. The number of para-hydroxylation sites is 1. The van der Waals surface area contributed by atoms with Crippen LogP contribution >= 0.6 is 11.6 Å². The van der Waals surface area contributed by atoms with E-state index in [1.165, 1.54) is 11.0 Å². The first-order valence-corrected chi connectivity index (χ1v) is 10.8. The number of aliphatic hydroxyl groups is 1. The number of anilines is 1. The molecule has 0 aliphatic heterocycles. The number of nitrogens with one attached hydrogen (secondary N) is 2. The fourth-order valence-corrected chi connectivity index (χ4v) is 4.15. The maximum absolute atomic E-state index is 12.6. The number of imidazole rings is 1. The highest BCUT2D eigenvalue weighted by Gasteiger charge is 2.22. The predicted octanol–water partition coefficient (Wildman–Crippen LogP) is 2.26. The molecule has 1 aliphatic carbocycles. The van der Waals surface area contributed by atoms with Crippen molar-refractivity contribution < 1.29 is 9.84 Å². The molecule has 9 nitrogen and oxygen atoms in total. The van der Waals surface area contributed by atoms with E-state index in [1.54, 1.807) is 35.9 Å². The van der Waals surface area contributed by atoms with Gasteiger partial charge >= 0.3 is 5.69 Å². The number of ether oxygens (including phenoxy) is 1. The van der Waals surface area contributed by atoms with Crippen molar-refractivity contribution in [2.24, 2.45) is 7.05 Å². The Kier molecular flexibility index (Phi) is 6.33. The van der Waals surface area contributed by atoms with E-state index in [1.807, 2.05) is 0 Å². The average Bonchev–Trinajstić information content (AvgIpc) is 3.10. The molecular formula is C21H26ClN5O4. The molecule has 3 aromatic rings. The molecule has 0 saturated heterocycles. The minimum Gasteiger partial charge on any atom is -0.489 e. The number of hydrogen-bond acceptors (Lipinski definition) is 6. The quantitative estimate of drug-likeness (QED) is 0.512. The van der Waals surface area contributed by atoms with Crippen molar-refractivity contribution >= 4 is 28.7 Å². The van der Waals surface area contributed by atoms with Crippen molar-refractivity contribution in [1.29, 1.82) is 0 Å². The Bertz CT molecular complexity index is 1180. The molecular weight excluding hydrogens is 422 g/mol. The molecule has 0 amide bonds. The van der Waals surface area contributed by atoms with E-state index >= 15 is 0 Å². The molecule has 4 rings (SSSR count). The predicted molar refractivity (Wildman–Crippen MR) is 119 cm³/mol. The van der Waals surface area contributed by atoms with Crippen LogP contribution in [0.1, 0.15) is 32.1 Å². The minimum atomic E-state index is -0.933. The number of rotatable bonds is 7. The lowest BCUT2D eigenvalue weighted by Gasteiger charge is -2.24. The van der Waals surface area contributed by atoms with Crippen LogP contribution in [0.3, 0.4) is 0 Å². The van der Waals surface area contributed by atoms with Gasteiger partial charge in [-0.05, 0) is 25.0 Å². The van der Waals surface area contributed by atoms with Crippen LogP contribution < -0.4 is 21.3 Å². The fraction of sp³-hybridized carbons (Fsp3) is 0.476. The van der Waals surface area contributed by atoms with E-state index in [-0.39, 0.29) is 30.4 Å². The van der Waals surface area contributed by atoms with Gasteiger partial charge in [-0.25, -0.2) is 4.79 Å². The zero-order chi connectivity index (χ0) is 22.0. The molecule has 1 atom stereocenters. The highest BCUT2D eigenvalue weighted by molar-refractivity contribution is 6.32. The molecule has 2 heterocycles. The van der Waals surface area contributed by atoms with E-state index in [0.717, 1.165) is 25.7 Å². The molecule has 0 bridgehead atoms. The number of nitrogens with zero attached hydrogens (tertiary/aromatic N) is 3. The Labute approximate surface area is 183 Å². The standard InChI is InChI=1S/C21H26ClN5O4/c1-26-18-17(19(29)25-21(26)30)27(20(24-18)23-13-7-3-2-4-8-13)11-14(28)12-31-16-10-6-5-9-15(16)22/h5-6,9-10,13-14,28H,2-4,7-8,11-12H2,1H3,(H,23,24)(H,25,29,30). The van der Waals surface area contributed by atoms with Gasteiger partial charge in [0.25, 0.3) is 5.56 Å². The number of aromatic nitrogens is 4. The molecule has 31 heavy (non-hydrogen) atoms. The molecule has 1 unspecified atom stereocenters. The van der Waals surface area contributed by atoms with E-state index in [9.17, 15) is 14.7 Å². The van der Waals surface area contributed by atoms with Crippen LogP contribution in [0.5, 0.6) is 5.75 Å². The largest absolute Gasteiger partial charge is 0.489 e. The third-order valence-corrected chi connectivity index (χ3v) is 5.92. The lowest BCUT2D eigenvalue weighted by molar-refractivity contribution is 0.0938. The Balaban J connectivity index is 1.63. The summed E-state index contributed by atoms with van der Waals surface area (Å²) < 4.78 is 8.57. The molecule has 3 N–H and O–H groups in total. The van der Waals surface area contributed by atoms with Crippen molar-refractivity contribution in [1.82, 2.24) is 19.1 Å². The van der Waals surface area contributed by atoms with Gasteiger partial charge in [0.2, 0.25) is 5.95 Å². The number of hydrogen-bond donors (Lipinski definition) is 3. The summed E-state index contributed by atoms with van der Waals surface area (Å²) in [5, 5.41) is 14.5. The maximum Gasteiger partial charge on any atom is 0.329 e. The van der Waals surface area contributed by atoms with Gasteiger partial charge in [0.15, 0.2) is 11.2 Å². The molecule has 0 radical (unpaired) electrons. The highest BCUT2D eigenvalue weighted by atomic mass is 35.5. The Morgan fingerprint density at radius 2 is 2.03 bits per heavy atom. The summed E-state index contributed by atoms with van der Waals surface area (Å²) in [4.78, 5) is 31.5. The number of aliphatic hydroxyl groups excluding tert-OH is 1. The third-order valence-electron chi connectivity index (χ3n) is 5.61. The lowest BCUT2D eigenvalue weighted by atomic mass is 9.96. The number of aromatic amines is 1. The number of benzene rings is 1. The third kappa shape index (κ3) is 4.62. The first-order chi connectivity index (χ1) is 14.9. The summed E-state index contributed by atoms with van der Waals surface area (Å²) in [7, 11) is 1.55. The summed E-state index contributed by atoms with van der Waals surface area (Å²) >= 11 is 6.11. The topological polar surface area (TPSA) is 114 Å². The van der Waals surface area contributed by atoms with Crippen LogP contribution in [0.25, 0.3) is 11.2 Å². The van der Waals surface area contributed by atoms with Crippen molar-refractivity contribution in [2.75, 3.05) is 11.9 Å². The first-order valence-electron chi connectivity index (χ1n) is 10.5. The molecule has 166 valence electrons. The van der Waals surface area contributed by atoms with Crippen LogP contribution in [-0.4, -0.2) is 43.0 Å². The monoisotopic (exact) mass is 447 g/mol.